The Morgan fingerprint density at radius 2 is 1.29 bits per heavy atom. The summed E-state index contributed by atoms with van der Waals surface area (Å²) in [5.74, 6) is 0.176. The van der Waals surface area contributed by atoms with Crippen molar-refractivity contribution in [1.82, 2.24) is 0 Å². The maximum Gasteiger partial charge on any atom is 0.336 e. The van der Waals surface area contributed by atoms with Crippen LogP contribution in [0.25, 0.3) is 6.08 Å². The highest BCUT2D eigenvalue weighted by molar-refractivity contribution is 5.88. The Hall–Kier alpha value is -2.35. The van der Waals surface area contributed by atoms with Crippen molar-refractivity contribution in [1.29, 1.82) is 0 Å². The third-order valence-electron chi connectivity index (χ3n) is 2.17. The lowest BCUT2D eigenvalue weighted by Gasteiger charge is -1.99. The quantitative estimate of drug-likeness (QED) is 0.431. The maximum absolute atomic E-state index is 11.5. The van der Waals surface area contributed by atoms with E-state index < -0.39 is 0 Å². The van der Waals surface area contributed by atoms with Crippen LogP contribution in [0.1, 0.15) is 33.3 Å². The molecular formula is C19H24O2. The molecule has 0 unspecified atom stereocenters. The monoisotopic (exact) mass is 284 g/mol. The lowest BCUT2D eigenvalue weighted by Crippen LogP contribution is -2.03. The van der Waals surface area contributed by atoms with Crippen molar-refractivity contribution in [2.75, 3.05) is 0 Å². The molecule has 2 nitrogen and oxygen atoms in total. The number of esters is 1. The molecule has 0 aliphatic rings. The number of para-hydroxylation sites is 1. The molecule has 0 aliphatic carbocycles. The zero-order valence-electron chi connectivity index (χ0n) is 13.2. The lowest BCUT2D eigenvalue weighted by molar-refractivity contribution is -0.128. The van der Waals surface area contributed by atoms with E-state index in [0.29, 0.717) is 5.75 Å². The Bertz CT molecular complexity index is 502. The molecule has 2 rings (SSSR count). The average Bonchev–Trinajstić information content (AvgIpc) is 2.58. The summed E-state index contributed by atoms with van der Waals surface area (Å²) in [5, 5.41) is 0. The minimum absolute atomic E-state index is 0.375. The van der Waals surface area contributed by atoms with Crippen LogP contribution in [0.3, 0.4) is 0 Å². The Balaban J connectivity index is 0.000000921. The van der Waals surface area contributed by atoms with Crippen molar-refractivity contribution in [2.45, 2.75) is 27.7 Å². The topological polar surface area (TPSA) is 26.3 Å². The summed E-state index contributed by atoms with van der Waals surface area (Å²) >= 11 is 0. The molecule has 0 fully saturated rings. The van der Waals surface area contributed by atoms with Gasteiger partial charge >= 0.3 is 5.97 Å². The van der Waals surface area contributed by atoms with Crippen molar-refractivity contribution in [2.24, 2.45) is 0 Å². The predicted molar refractivity (Wildman–Crippen MR) is 90.2 cm³/mol. The second-order valence-electron chi connectivity index (χ2n) is 3.48. The van der Waals surface area contributed by atoms with Gasteiger partial charge in [0.1, 0.15) is 5.75 Å². The summed E-state index contributed by atoms with van der Waals surface area (Å²) in [6.45, 7) is 8.00. The van der Waals surface area contributed by atoms with Crippen molar-refractivity contribution in [3.63, 3.8) is 0 Å². The van der Waals surface area contributed by atoms with Crippen LogP contribution in [0.2, 0.25) is 0 Å². The molecule has 0 spiro atoms. The van der Waals surface area contributed by atoms with Gasteiger partial charge in [0.25, 0.3) is 0 Å². The first-order valence-electron chi connectivity index (χ1n) is 7.34. The molecule has 0 aliphatic heterocycles. The summed E-state index contributed by atoms with van der Waals surface area (Å²) < 4.78 is 5.11. The van der Waals surface area contributed by atoms with Gasteiger partial charge in [0.05, 0.1) is 0 Å². The van der Waals surface area contributed by atoms with Crippen molar-refractivity contribution >= 4 is 12.0 Å². The number of benzene rings is 2. The highest BCUT2D eigenvalue weighted by Gasteiger charge is 1.98. The molecule has 0 aromatic heterocycles. The molecule has 0 radical (unpaired) electrons. The van der Waals surface area contributed by atoms with E-state index in [1.54, 1.807) is 18.2 Å². The van der Waals surface area contributed by atoms with Crippen LogP contribution >= 0.6 is 0 Å². The van der Waals surface area contributed by atoms with E-state index in [9.17, 15) is 4.79 Å². The van der Waals surface area contributed by atoms with Gasteiger partial charge in [-0.05, 0) is 23.8 Å². The van der Waals surface area contributed by atoms with Crippen LogP contribution < -0.4 is 4.74 Å². The zero-order valence-corrected chi connectivity index (χ0v) is 13.2. The summed E-state index contributed by atoms with van der Waals surface area (Å²) in [5.41, 5.74) is 0.970. The molecule has 2 aromatic rings. The zero-order chi connectivity index (χ0) is 15.9. The number of carbonyl (C=O) groups is 1. The van der Waals surface area contributed by atoms with Crippen molar-refractivity contribution < 1.29 is 9.53 Å². The average molecular weight is 284 g/mol. The first-order chi connectivity index (χ1) is 10.3. The fourth-order valence-corrected chi connectivity index (χ4v) is 1.37. The minimum Gasteiger partial charge on any atom is -0.423 e. The van der Waals surface area contributed by atoms with Gasteiger partial charge in [0.2, 0.25) is 0 Å². The van der Waals surface area contributed by atoms with Crippen molar-refractivity contribution in [3.8, 4) is 5.75 Å². The molecule has 0 bridgehead atoms. The van der Waals surface area contributed by atoms with Gasteiger partial charge in [-0.3, -0.25) is 0 Å². The van der Waals surface area contributed by atoms with E-state index in [-0.39, 0.29) is 5.97 Å². The van der Waals surface area contributed by atoms with Gasteiger partial charge in [0.15, 0.2) is 0 Å². The normalized spacial score (nSPS) is 8.95. The molecule has 21 heavy (non-hydrogen) atoms. The molecule has 0 N–H and O–H groups in total. The summed E-state index contributed by atoms with van der Waals surface area (Å²) in [7, 11) is 0. The number of hydrogen-bond donors (Lipinski definition) is 0. The van der Waals surface area contributed by atoms with Crippen LogP contribution in [0, 0.1) is 0 Å². The van der Waals surface area contributed by atoms with E-state index >= 15 is 0 Å². The predicted octanol–water partition coefficient (Wildman–Crippen LogP) is 5.36. The summed E-state index contributed by atoms with van der Waals surface area (Å²) in [4.78, 5) is 11.5. The van der Waals surface area contributed by atoms with Crippen LogP contribution in [0.15, 0.2) is 66.7 Å². The Kier molecular flexibility index (Phi) is 11.3. The number of rotatable bonds is 3. The van der Waals surface area contributed by atoms with Gasteiger partial charge in [-0.15, -0.1) is 0 Å². The van der Waals surface area contributed by atoms with Gasteiger partial charge in [-0.1, -0.05) is 76.2 Å². The number of ether oxygens (including phenoxy) is 1. The molecule has 0 amide bonds. The standard InChI is InChI=1S/C15H12O2.2C2H6/c16-15(17-14-9-5-2-6-10-14)12-11-13-7-3-1-4-8-13;2*1-2/h1-12H;2*1-2H3/b12-11+;;. The highest BCUT2D eigenvalue weighted by atomic mass is 16.5. The second-order valence-corrected chi connectivity index (χ2v) is 3.48. The molecule has 112 valence electrons. The first-order valence-corrected chi connectivity index (χ1v) is 7.34. The van der Waals surface area contributed by atoms with Gasteiger partial charge in [-0.2, -0.15) is 0 Å². The maximum atomic E-state index is 11.5. The third kappa shape index (κ3) is 8.43. The highest BCUT2D eigenvalue weighted by Crippen LogP contribution is 2.09. The van der Waals surface area contributed by atoms with E-state index in [0.717, 1.165) is 5.56 Å². The molecule has 0 saturated heterocycles. The Morgan fingerprint density at radius 1 is 0.810 bits per heavy atom. The fourth-order valence-electron chi connectivity index (χ4n) is 1.37. The van der Waals surface area contributed by atoms with Crippen LogP contribution in [0.4, 0.5) is 0 Å². The van der Waals surface area contributed by atoms with Gasteiger partial charge in [0, 0.05) is 6.08 Å². The number of carbonyl (C=O) groups excluding carboxylic acids is 1. The molecular weight excluding hydrogens is 260 g/mol. The molecule has 2 heteroatoms. The fraction of sp³-hybridized carbons (Fsp3) is 0.211. The Labute approximate surface area is 128 Å². The molecule has 0 saturated carbocycles. The first kappa shape index (κ1) is 18.7. The summed E-state index contributed by atoms with van der Waals surface area (Å²) in [6, 6.07) is 18.6. The SMILES string of the molecule is CC.CC.O=C(/C=C/c1ccccc1)Oc1ccccc1. The third-order valence-corrected chi connectivity index (χ3v) is 2.17. The summed E-state index contributed by atoms with van der Waals surface area (Å²) in [6.07, 6.45) is 3.15. The molecule has 0 atom stereocenters. The van der Waals surface area contributed by atoms with Crippen LogP contribution in [-0.4, -0.2) is 5.97 Å². The van der Waals surface area contributed by atoms with Crippen LogP contribution in [0.5, 0.6) is 5.75 Å². The molecule has 2 aromatic carbocycles. The largest absolute Gasteiger partial charge is 0.423 e. The van der Waals surface area contributed by atoms with E-state index in [4.69, 9.17) is 4.74 Å². The van der Waals surface area contributed by atoms with Gasteiger partial charge in [-0.25, -0.2) is 4.79 Å². The minimum atomic E-state index is -0.375. The molecule has 0 heterocycles. The number of hydrogen-bond acceptors (Lipinski definition) is 2. The smallest absolute Gasteiger partial charge is 0.336 e. The van der Waals surface area contributed by atoms with E-state index in [1.165, 1.54) is 6.08 Å². The van der Waals surface area contributed by atoms with E-state index in [2.05, 4.69) is 0 Å². The van der Waals surface area contributed by atoms with Crippen molar-refractivity contribution in [3.05, 3.63) is 72.3 Å². The lowest BCUT2D eigenvalue weighted by atomic mass is 10.2. The van der Waals surface area contributed by atoms with E-state index in [1.807, 2.05) is 76.2 Å². The van der Waals surface area contributed by atoms with Crippen LogP contribution in [-0.2, 0) is 4.79 Å². The Morgan fingerprint density at radius 3 is 1.81 bits per heavy atom. The van der Waals surface area contributed by atoms with Gasteiger partial charge < -0.3 is 4.74 Å². The second kappa shape index (κ2) is 12.7.